The molecule has 0 radical (unpaired) electrons. The molecule has 0 saturated heterocycles. The van der Waals surface area contributed by atoms with Gasteiger partial charge in [-0.05, 0) is 148 Å². The average molecular weight is 742 g/mol. The van der Waals surface area contributed by atoms with Crippen molar-refractivity contribution in [2.24, 2.45) is 5.73 Å². The fourth-order valence-corrected chi connectivity index (χ4v) is 8.77. The second-order valence-corrected chi connectivity index (χ2v) is 16.0. The monoisotopic (exact) mass is 741 g/mol. The Labute approximate surface area is 341 Å². The average Bonchev–Trinajstić information content (AvgIpc) is 3.29. The molecule has 0 bridgehead atoms. The molecule has 4 aromatic rings. The van der Waals surface area contributed by atoms with Crippen LogP contribution in [-0.2, 0) is 0 Å². The topological polar surface area (TPSA) is 26.0 Å². The van der Waals surface area contributed by atoms with E-state index in [4.69, 9.17) is 5.73 Å². The maximum absolute atomic E-state index is 7.03. The van der Waals surface area contributed by atoms with Gasteiger partial charge in [0.2, 0.25) is 0 Å². The first-order valence-corrected chi connectivity index (χ1v) is 21.0. The number of allylic oxidation sites excluding steroid dienone is 18. The molecule has 4 aromatic carbocycles. The maximum Gasteiger partial charge on any atom is 0.0303 e. The molecule has 0 spiro atoms. The lowest BCUT2D eigenvalue weighted by molar-refractivity contribution is 0.583. The van der Waals surface area contributed by atoms with Crippen LogP contribution in [0.2, 0.25) is 0 Å². The normalized spacial score (nSPS) is 17.3. The second kappa shape index (κ2) is 18.0. The molecule has 8 rings (SSSR count). The predicted octanol–water partition coefficient (Wildman–Crippen LogP) is 15.2. The van der Waals surface area contributed by atoms with Crippen molar-refractivity contribution in [2.45, 2.75) is 76.2 Å². The summed E-state index contributed by atoms with van der Waals surface area (Å²) in [5.41, 5.74) is 26.1. The van der Waals surface area contributed by atoms with Gasteiger partial charge in [0.1, 0.15) is 0 Å². The van der Waals surface area contributed by atoms with E-state index in [2.05, 4.69) is 177 Å². The zero-order chi connectivity index (χ0) is 39.0. The van der Waals surface area contributed by atoms with E-state index in [9.17, 15) is 0 Å². The Kier molecular flexibility index (Phi) is 12.0. The summed E-state index contributed by atoms with van der Waals surface area (Å²) in [7, 11) is 0. The molecule has 2 atom stereocenters. The number of hydrogen-bond acceptors (Lipinski definition) is 1. The molecule has 2 N–H and O–H groups in total. The van der Waals surface area contributed by atoms with E-state index < -0.39 is 0 Å². The predicted molar refractivity (Wildman–Crippen MR) is 246 cm³/mol. The highest BCUT2D eigenvalue weighted by molar-refractivity contribution is 5.87. The van der Waals surface area contributed by atoms with Crippen LogP contribution < -0.4 is 5.73 Å². The highest BCUT2D eigenvalue weighted by atomic mass is 14.6. The summed E-state index contributed by atoms with van der Waals surface area (Å²) in [6, 6.07) is 34.0. The van der Waals surface area contributed by atoms with Crippen LogP contribution in [0.5, 0.6) is 0 Å². The van der Waals surface area contributed by atoms with Gasteiger partial charge < -0.3 is 5.73 Å². The lowest BCUT2D eigenvalue weighted by Gasteiger charge is -2.26. The quantitative estimate of drug-likeness (QED) is 0.136. The summed E-state index contributed by atoms with van der Waals surface area (Å²) in [6.45, 7) is 9.19. The minimum atomic E-state index is -0.116. The minimum Gasteiger partial charge on any atom is -0.324 e. The summed E-state index contributed by atoms with van der Waals surface area (Å²) < 4.78 is 0. The van der Waals surface area contributed by atoms with Gasteiger partial charge in [0, 0.05) is 12.0 Å². The first-order valence-electron chi connectivity index (χ1n) is 21.0. The van der Waals surface area contributed by atoms with Gasteiger partial charge in [-0.2, -0.15) is 0 Å². The van der Waals surface area contributed by atoms with Crippen molar-refractivity contribution in [3.8, 4) is 22.3 Å². The summed E-state index contributed by atoms with van der Waals surface area (Å²) in [4.78, 5) is 0. The van der Waals surface area contributed by atoms with Crippen molar-refractivity contribution in [3.05, 3.63) is 222 Å². The summed E-state index contributed by atoms with van der Waals surface area (Å²) in [5, 5.41) is 0. The fraction of sp³-hybridized carbons (Fsp3) is 0.214. The van der Waals surface area contributed by atoms with E-state index in [1.807, 2.05) is 0 Å². The van der Waals surface area contributed by atoms with Gasteiger partial charge in [0.15, 0.2) is 0 Å². The molecular formula is C56H55N. The van der Waals surface area contributed by atoms with Gasteiger partial charge in [0.05, 0.1) is 0 Å². The smallest absolute Gasteiger partial charge is 0.0303 e. The first kappa shape index (κ1) is 38.1. The van der Waals surface area contributed by atoms with Gasteiger partial charge in [-0.3, -0.25) is 0 Å². The molecule has 4 aliphatic rings. The van der Waals surface area contributed by atoms with E-state index in [-0.39, 0.29) is 12.0 Å². The Balaban J connectivity index is 1.02. The van der Waals surface area contributed by atoms with Crippen LogP contribution in [0, 0.1) is 0 Å². The van der Waals surface area contributed by atoms with E-state index >= 15 is 0 Å². The van der Waals surface area contributed by atoms with Gasteiger partial charge in [-0.25, -0.2) is 0 Å². The van der Waals surface area contributed by atoms with E-state index in [0.29, 0.717) is 0 Å². The molecule has 0 amide bonds. The summed E-state index contributed by atoms with van der Waals surface area (Å²) in [6.07, 6.45) is 37.2. The van der Waals surface area contributed by atoms with Crippen LogP contribution in [0.25, 0.3) is 39.0 Å². The maximum atomic E-state index is 7.03. The zero-order valence-electron chi connectivity index (χ0n) is 33.3. The molecule has 1 nitrogen and oxygen atoms in total. The molecule has 57 heavy (non-hydrogen) atoms. The van der Waals surface area contributed by atoms with Gasteiger partial charge in [-0.1, -0.05) is 177 Å². The molecule has 0 aliphatic heterocycles. The molecule has 4 aliphatic carbocycles. The molecule has 2 unspecified atom stereocenters. The van der Waals surface area contributed by atoms with Gasteiger partial charge >= 0.3 is 0 Å². The number of benzene rings is 4. The highest BCUT2D eigenvalue weighted by Gasteiger charge is 2.22. The molecule has 0 aromatic heterocycles. The van der Waals surface area contributed by atoms with Crippen molar-refractivity contribution in [1.29, 1.82) is 0 Å². The van der Waals surface area contributed by atoms with Gasteiger partial charge in [0.25, 0.3) is 0 Å². The zero-order valence-corrected chi connectivity index (χ0v) is 33.3. The standard InChI is InChI=1S/C56H55N/c1-40(42-15-7-3-8-16-42)37-41(2)54(39-56(57)51-33-29-44(30-34-51)43-17-9-4-10-18-43)50-31-27-46(28-32-50)45-23-25-47(26-24-45)52-35-36-53(48-19-11-5-12-20-48)55(38-52)49-21-13-6-14-22-49/h3-4,6-7,9,11,13,15,17,19-21,23-36,38,54,56H,1-2,5,8,10,12,14,16,18,22,37,39,57H2. The molecular weight excluding hydrogens is 687 g/mol. The number of nitrogens with two attached hydrogens (primary N) is 1. The molecule has 1 heteroatoms. The molecule has 0 saturated carbocycles. The fourth-order valence-electron chi connectivity index (χ4n) is 8.77. The lowest BCUT2D eigenvalue weighted by atomic mass is 9.80. The molecule has 0 fully saturated rings. The molecule has 284 valence electrons. The Hall–Kier alpha value is -5.76. The highest BCUT2D eigenvalue weighted by Crippen LogP contribution is 2.39. The summed E-state index contributed by atoms with van der Waals surface area (Å²) >= 11 is 0. The van der Waals surface area contributed by atoms with Crippen molar-refractivity contribution in [3.63, 3.8) is 0 Å². The minimum absolute atomic E-state index is 0.102. The van der Waals surface area contributed by atoms with Crippen LogP contribution >= 0.6 is 0 Å². The number of hydrogen-bond donors (Lipinski definition) is 1. The van der Waals surface area contributed by atoms with Crippen LogP contribution in [0.4, 0.5) is 0 Å². The summed E-state index contributed by atoms with van der Waals surface area (Å²) in [5.74, 6) is 0.102. The SMILES string of the molecule is C=C(CC(=C)C(CC(N)c1ccc(C2=CC=CCC2)cc1)c1ccc(-c2ccc(-c3ccc(C4=CCCC=C4)c(C4=CC=CCC4)c3)cc2)cc1)C1=CC=CCC1. The van der Waals surface area contributed by atoms with Crippen molar-refractivity contribution in [1.82, 2.24) is 0 Å². The van der Waals surface area contributed by atoms with Crippen LogP contribution in [0.1, 0.15) is 104 Å². The van der Waals surface area contributed by atoms with E-state index in [1.165, 1.54) is 72.4 Å². The Morgan fingerprint density at radius 2 is 1.12 bits per heavy atom. The van der Waals surface area contributed by atoms with Gasteiger partial charge in [-0.15, -0.1) is 0 Å². The largest absolute Gasteiger partial charge is 0.324 e. The number of rotatable bonds is 13. The van der Waals surface area contributed by atoms with Crippen molar-refractivity contribution < 1.29 is 0 Å². The van der Waals surface area contributed by atoms with Crippen molar-refractivity contribution >= 4 is 16.7 Å². The second-order valence-electron chi connectivity index (χ2n) is 16.0. The van der Waals surface area contributed by atoms with E-state index in [1.54, 1.807) is 0 Å². The van der Waals surface area contributed by atoms with E-state index in [0.717, 1.165) is 75.3 Å². The lowest BCUT2D eigenvalue weighted by Crippen LogP contribution is -2.16. The Morgan fingerprint density at radius 1 is 0.544 bits per heavy atom. The first-order chi connectivity index (χ1) is 28.0. The third-order valence-corrected chi connectivity index (χ3v) is 12.2. The Morgan fingerprint density at radius 3 is 1.74 bits per heavy atom. The third kappa shape index (κ3) is 9.12. The van der Waals surface area contributed by atoms with Crippen molar-refractivity contribution in [2.75, 3.05) is 0 Å². The Bertz CT molecular complexity index is 2360. The van der Waals surface area contributed by atoms with Crippen LogP contribution in [0.3, 0.4) is 0 Å². The van der Waals surface area contributed by atoms with Crippen LogP contribution in [0.15, 0.2) is 194 Å². The van der Waals surface area contributed by atoms with Crippen LogP contribution in [-0.4, -0.2) is 0 Å². The third-order valence-electron chi connectivity index (χ3n) is 12.2. The molecule has 0 heterocycles.